The molecule has 120 valence electrons. The van der Waals surface area contributed by atoms with Gasteiger partial charge in [0.1, 0.15) is 0 Å². The fraction of sp³-hybridized carbons (Fsp3) is 0.0588. The van der Waals surface area contributed by atoms with Crippen LogP contribution in [0.3, 0.4) is 0 Å². The molecule has 2 N–H and O–H groups in total. The Morgan fingerprint density at radius 1 is 1.04 bits per heavy atom. The summed E-state index contributed by atoms with van der Waals surface area (Å²) in [6, 6.07) is 10.7. The first-order valence-corrected chi connectivity index (χ1v) is 8.05. The number of carbonyl (C=O) groups excluding carboxylic acids is 2. The molecule has 0 radical (unpaired) electrons. The van der Waals surface area contributed by atoms with Gasteiger partial charge >= 0.3 is 0 Å². The van der Waals surface area contributed by atoms with Crippen molar-refractivity contribution in [3.8, 4) is 10.6 Å². The largest absolute Gasteiger partial charge is 0.271 e. The molecule has 0 aliphatic heterocycles. The van der Waals surface area contributed by atoms with Crippen LogP contribution >= 0.6 is 11.3 Å². The van der Waals surface area contributed by atoms with Gasteiger partial charge in [-0.1, -0.05) is 6.07 Å². The molecule has 0 saturated heterocycles. The third-order valence-electron chi connectivity index (χ3n) is 3.32. The number of thiophene rings is 1. The number of carbonyl (C=O) groups is 2. The molecule has 0 aliphatic carbocycles. The standard InChI is InChI=1S/C17H14N4O2S/c1-11-13(6-7-14(19-11)15-5-3-9-24-15)17(23)21-20-16(22)12-4-2-8-18-10-12/h2-10H,1H3,(H,20,22)(H,21,23). The number of aryl methyl sites for hydroxylation is 1. The fourth-order valence-electron chi connectivity index (χ4n) is 2.11. The molecule has 3 heterocycles. The zero-order valence-electron chi connectivity index (χ0n) is 12.8. The van der Waals surface area contributed by atoms with E-state index in [1.807, 2.05) is 17.5 Å². The second kappa shape index (κ2) is 7.01. The van der Waals surface area contributed by atoms with E-state index in [4.69, 9.17) is 0 Å². The number of hydrazine groups is 1. The van der Waals surface area contributed by atoms with Gasteiger partial charge in [-0.2, -0.15) is 0 Å². The summed E-state index contributed by atoms with van der Waals surface area (Å²) >= 11 is 1.58. The van der Waals surface area contributed by atoms with Crippen molar-refractivity contribution in [2.45, 2.75) is 6.92 Å². The van der Waals surface area contributed by atoms with Gasteiger partial charge in [0.2, 0.25) is 0 Å². The average Bonchev–Trinajstić information content (AvgIpc) is 3.14. The van der Waals surface area contributed by atoms with E-state index in [9.17, 15) is 9.59 Å². The molecular weight excluding hydrogens is 324 g/mol. The van der Waals surface area contributed by atoms with Crippen LogP contribution in [-0.2, 0) is 0 Å². The molecule has 0 fully saturated rings. The van der Waals surface area contributed by atoms with Crippen molar-refractivity contribution in [3.05, 3.63) is 71.0 Å². The molecule has 0 unspecified atom stereocenters. The summed E-state index contributed by atoms with van der Waals surface area (Å²) < 4.78 is 0. The highest BCUT2D eigenvalue weighted by Gasteiger charge is 2.13. The van der Waals surface area contributed by atoms with Crippen LogP contribution in [0.4, 0.5) is 0 Å². The molecule has 0 saturated carbocycles. The summed E-state index contributed by atoms with van der Waals surface area (Å²) in [6.07, 6.45) is 2.99. The Kier molecular flexibility index (Phi) is 4.62. The summed E-state index contributed by atoms with van der Waals surface area (Å²) in [6.45, 7) is 1.76. The Morgan fingerprint density at radius 3 is 2.54 bits per heavy atom. The van der Waals surface area contributed by atoms with Crippen LogP contribution < -0.4 is 10.9 Å². The summed E-state index contributed by atoms with van der Waals surface area (Å²) in [4.78, 5) is 33.5. The number of hydrogen-bond acceptors (Lipinski definition) is 5. The lowest BCUT2D eigenvalue weighted by molar-refractivity contribution is 0.0846. The first-order valence-electron chi connectivity index (χ1n) is 7.17. The van der Waals surface area contributed by atoms with Crippen LogP contribution in [0.1, 0.15) is 26.4 Å². The van der Waals surface area contributed by atoms with Crippen molar-refractivity contribution < 1.29 is 9.59 Å². The number of rotatable bonds is 3. The highest BCUT2D eigenvalue weighted by Crippen LogP contribution is 2.23. The highest BCUT2D eigenvalue weighted by molar-refractivity contribution is 7.13. The number of pyridine rings is 2. The molecule has 0 atom stereocenters. The predicted octanol–water partition coefficient (Wildman–Crippen LogP) is 2.59. The van der Waals surface area contributed by atoms with Gasteiger partial charge < -0.3 is 0 Å². The maximum Gasteiger partial charge on any atom is 0.271 e. The van der Waals surface area contributed by atoms with E-state index in [0.717, 1.165) is 10.6 Å². The molecule has 0 bridgehead atoms. The minimum absolute atomic E-state index is 0.362. The lowest BCUT2D eigenvalue weighted by Gasteiger charge is -2.09. The molecule has 24 heavy (non-hydrogen) atoms. The van der Waals surface area contributed by atoms with Crippen molar-refractivity contribution in [2.75, 3.05) is 0 Å². The maximum atomic E-state index is 12.2. The molecule has 3 aromatic rings. The number of aromatic nitrogens is 2. The number of nitrogens with zero attached hydrogens (tertiary/aromatic N) is 2. The van der Waals surface area contributed by atoms with Crippen molar-refractivity contribution in [1.29, 1.82) is 0 Å². The minimum Gasteiger partial charge on any atom is -0.267 e. The third-order valence-corrected chi connectivity index (χ3v) is 4.21. The predicted molar refractivity (Wildman–Crippen MR) is 91.5 cm³/mol. The van der Waals surface area contributed by atoms with Crippen LogP contribution in [0.25, 0.3) is 10.6 Å². The number of amides is 2. The van der Waals surface area contributed by atoms with Crippen LogP contribution in [0.5, 0.6) is 0 Å². The average molecular weight is 338 g/mol. The summed E-state index contributed by atoms with van der Waals surface area (Å²) in [5, 5.41) is 1.97. The minimum atomic E-state index is -0.433. The van der Waals surface area contributed by atoms with Crippen molar-refractivity contribution in [3.63, 3.8) is 0 Å². The van der Waals surface area contributed by atoms with Crippen LogP contribution in [0.15, 0.2) is 54.2 Å². The molecule has 2 amide bonds. The summed E-state index contributed by atoms with van der Waals surface area (Å²) in [5.41, 5.74) is 6.93. The molecule has 6 nitrogen and oxygen atoms in total. The smallest absolute Gasteiger partial charge is 0.267 e. The van der Waals surface area contributed by atoms with Gasteiger partial charge in [-0.3, -0.25) is 30.4 Å². The Labute approximate surface area is 142 Å². The molecule has 0 aliphatic rings. The zero-order valence-corrected chi connectivity index (χ0v) is 13.6. The van der Waals surface area contributed by atoms with E-state index in [2.05, 4.69) is 20.8 Å². The van der Waals surface area contributed by atoms with E-state index in [1.54, 1.807) is 48.7 Å². The Morgan fingerprint density at radius 2 is 1.88 bits per heavy atom. The maximum absolute atomic E-state index is 12.2. The normalized spacial score (nSPS) is 10.2. The zero-order chi connectivity index (χ0) is 16.9. The summed E-state index contributed by atoms with van der Waals surface area (Å²) in [7, 11) is 0. The Bertz CT molecular complexity index is 864. The Balaban J connectivity index is 1.68. The summed E-state index contributed by atoms with van der Waals surface area (Å²) in [5.74, 6) is -0.854. The molecule has 3 rings (SSSR count). The molecule has 7 heteroatoms. The van der Waals surface area contributed by atoms with Crippen LogP contribution in [0.2, 0.25) is 0 Å². The quantitative estimate of drug-likeness (QED) is 0.719. The lowest BCUT2D eigenvalue weighted by Crippen LogP contribution is -2.42. The Hall–Kier alpha value is -3.06. The van der Waals surface area contributed by atoms with E-state index < -0.39 is 11.8 Å². The van der Waals surface area contributed by atoms with Gasteiger partial charge in [-0.15, -0.1) is 11.3 Å². The van der Waals surface area contributed by atoms with Crippen molar-refractivity contribution >= 4 is 23.2 Å². The van der Waals surface area contributed by atoms with Crippen LogP contribution in [0, 0.1) is 6.92 Å². The van der Waals surface area contributed by atoms with Gasteiger partial charge in [-0.25, -0.2) is 0 Å². The molecule has 0 spiro atoms. The van der Waals surface area contributed by atoms with Gasteiger partial charge in [0.05, 0.1) is 27.4 Å². The van der Waals surface area contributed by atoms with Gasteiger partial charge in [0.25, 0.3) is 11.8 Å². The number of hydrogen-bond donors (Lipinski definition) is 2. The van der Waals surface area contributed by atoms with E-state index >= 15 is 0 Å². The van der Waals surface area contributed by atoms with E-state index in [1.165, 1.54) is 6.20 Å². The SMILES string of the molecule is Cc1nc(-c2cccs2)ccc1C(=O)NNC(=O)c1cccnc1. The molecule has 3 aromatic heterocycles. The van der Waals surface area contributed by atoms with Gasteiger partial charge in [-0.05, 0) is 42.6 Å². The topological polar surface area (TPSA) is 84.0 Å². The van der Waals surface area contributed by atoms with E-state index in [0.29, 0.717) is 16.8 Å². The second-order valence-electron chi connectivity index (χ2n) is 4.96. The first-order chi connectivity index (χ1) is 11.6. The van der Waals surface area contributed by atoms with Crippen molar-refractivity contribution in [1.82, 2.24) is 20.8 Å². The second-order valence-corrected chi connectivity index (χ2v) is 5.90. The van der Waals surface area contributed by atoms with Crippen molar-refractivity contribution in [2.24, 2.45) is 0 Å². The molecule has 0 aromatic carbocycles. The monoisotopic (exact) mass is 338 g/mol. The van der Waals surface area contributed by atoms with Gasteiger partial charge in [0.15, 0.2) is 0 Å². The fourth-order valence-corrected chi connectivity index (χ4v) is 2.81. The van der Waals surface area contributed by atoms with E-state index in [-0.39, 0.29) is 0 Å². The molecular formula is C17H14N4O2S. The van der Waals surface area contributed by atoms with Crippen LogP contribution in [-0.4, -0.2) is 21.8 Å². The first kappa shape index (κ1) is 15.8. The number of nitrogens with one attached hydrogen (secondary N) is 2. The van der Waals surface area contributed by atoms with Gasteiger partial charge in [0, 0.05) is 12.4 Å². The third kappa shape index (κ3) is 3.47. The highest BCUT2D eigenvalue weighted by atomic mass is 32.1. The lowest BCUT2D eigenvalue weighted by atomic mass is 10.1.